The quantitative estimate of drug-likeness (QED) is 0.625. The fourth-order valence-electron chi connectivity index (χ4n) is 2.71. The van der Waals surface area contributed by atoms with Crippen molar-refractivity contribution in [2.75, 3.05) is 17.8 Å². The number of nitrogens with one attached hydrogen (secondary N) is 1. The largest absolute Gasteiger partial charge is 0.497 e. The van der Waals surface area contributed by atoms with Crippen LogP contribution in [0.3, 0.4) is 0 Å². The van der Waals surface area contributed by atoms with Gasteiger partial charge >= 0.3 is 7.12 Å². The summed E-state index contributed by atoms with van der Waals surface area (Å²) >= 11 is 7.34. The van der Waals surface area contributed by atoms with Gasteiger partial charge in [-0.05, 0) is 46.2 Å². The number of rotatable bonds is 4. The minimum absolute atomic E-state index is 0.226. The van der Waals surface area contributed by atoms with Gasteiger partial charge in [0.15, 0.2) is 0 Å². The van der Waals surface area contributed by atoms with Crippen molar-refractivity contribution in [1.82, 2.24) is 4.31 Å². The Morgan fingerprint density at radius 1 is 1.28 bits per heavy atom. The standard InChI is InChI=1S/C16H22BClF2N2O2S/c1-15(2)16(3,4)24-17(23-15)12-7-10(18)8-13(14(12)20)21-25-22-6-5-11(19)9-22/h7-8,11,21H,5-6,9H2,1-4H3. The normalized spacial score (nSPS) is 25.6. The second kappa shape index (κ2) is 6.89. The highest BCUT2D eigenvalue weighted by Gasteiger charge is 2.52. The number of halogens is 3. The van der Waals surface area contributed by atoms with Crippen LogP contribution in [-0.2, 0) is 9.31 Å². The molecule has 2 aliphatic rings. The van der Waals surface area contributed by atoms with Gasteiger partial charge in [0.05, 0.1) is 16.9 Å². The van der Waals surface area contributed by atoms with Gasteiger partial charge in [-0.25, -0.2) is 13.1 Å². The smallest absolute Gasteiger partial charge is 0.399 e. The van der Waals surface area contributed by atoms with Crippen LogP contribution in [0.2, 0.25) is 5.02 Å². The Kier molecular flexibility index (Phi) is 5.30. The number of anilines is 1. The second-order valence-corrected chi connectivity index (χ2v) is 8.75. The van der Waals surface area contributed by atoms with E-state index in [9.17, 15) is 8.78 Å². The van der Waals surface area contributed by atoms with E-state index in [1.807, 2.05) is 32.0 Å². The summed E-state index contributed by atoms with van der Waals surface area (Å²) in [6.45, 7) is 8.57. The van der Waals surface area contributed by atoms with Crippen molar-refractivity contribution in [3.63, 3.8) is 0 Å². The molecule has 1 aromatic rings. The zero-order valence-corrected chi connectivity index (χ0v) is 16.3. The van der Waals surface area contributed by atoms with E-state index >= 15 is 0 Å². The molecule has 25 heavy (non-hydrogen) atoms. The van der Waals surface area contributed by atoms with Crippen LogP contribution in [0.15, 0.2) is 12.1 Å². The third kappa shape index (κ3) is 3.93. The highest BCUT2D eigenvalue weighted by atomic mass is 35.5. The van der Waals surface area contributed by atoms with E-state index in [-0.39, 0.29) is 11.2 Å². The van der Waals surface area contributed by atoms with Gasteiger partial charge in [0.1, 0.15) is 12.0 Å². The third-order valence-corrected chi connectivity index (χ3v) is 6.07. The molecule has 3 rings (SSSR count). The van der Waals surface area contributed by atoms with Gasteiger partial charge in [-0.2, -0.15) is 0 Å². The van der Waals surface area contributed by atoms with Gasteiger partial charge in [0.25, 0.3) is 0 Å². The molecule has 0 spiro atoms. The first-order valence-electron chi connectivity index (χ1n) is 8.25. The first-order chi connectivity index (χ1) is 11.6. The first kappa shape index (κ1) is 19.2. The molecule has 2 fully saturated rings. The fourth-order valence-corrected chi connectivity index (χ4v) is 3.75. The van der Waals surface area contributed by atoms with Crippen molar-refractivity contribution in [3.05, 3.63) is 23.0 Å². The Labute approximate surface area is 157 Å². The lowest BCUT2D eigenvalue weighted by atomic mass is 9.78. The zero-order chi connectivity index (χ0) is 18.4. The highest BCUT2D eigenvalue weighted by Crippen LogP contribution is 2.37. The molecule has 2 aliphatic heterocycles. The predicted molar refractivity (Wildman–Crippen MR) is 99.4 cm³/mol. The molecular formula is C16H22BClF2N2O2S. The molecule has 1 N–H and O–H groups in total. The van der Waals surface area contributed by atoms with Crippen LogP contribution in [-0.4, -0.2) is 41.9 Å². The molecule has 1 aromatic carbocycles. The van der Waals surface area contributed by atoms with Crippen LogP contribution in [0.4, 0.5) is 14.5 Å². The highest BCUT2D eigenvalue weighted by molar-refractivity contribution is 7.98. The molecule has 1 atom stereocenters. The summed E-state index contributed by atoms with van der Waals surface area (Å²) in [6, 6.07) is 3.02. The summed E-state index contributed by atoms with van der Waals surface area (Å²) in [5, 5.41) is 0.374. The van der Waals surface area contributed by atoms with Crippen LogP contribution in [0, 0.1) is 5.82 Å². The number of hydrogen-bond donors (Lipinski definition) is 1. The number of nitrogens with zero attached hydrogens (tertiary/aromatic N) is 1. The van der Waals surface area contributed by atoms with Gasteiger partial charge in [-0.15, -0.1) is 0 Å². The zero-order valence-electron chi connectivity index (χ0n) is 14.7. The van der Waals surface area contributed by atoms with Crippen molar-refractivity contribution in [2.45, 2.75) is 51.5 Å². The lowest BCUT2D eigenvalue weighted by Crippen LogP contribution is -2.41. The Morgan fingerprint density at radius 3 is 2.48 bits per heavy atom. The Bertz CT molecular complexity index is 649. The number of benzene rings is 1. The van der Waals surface area contributed by atoms with Crippen LogP contribution in [0.5, 0.6) is 0 Å². The molecule has 0 aliphatic carbocycles. The van der Waals surface area contributed by atoms with E-state index in [4.69, 9.17) is 20.9 Å². The van der Waals surface area contributed by atoms with Crippen molar-refractivity contribution in [1.29, 1.82) is 0 Å². The average Bonchev–Trinajstić information content (AvgIpc) is 3.00. The molecule has 4 nitrogen and oxygen atoms in total. The molecule has 0 bridgehead atoms. The maximum absolute atomic E-state index is 15.0. The van der Waals surface area contributed by atoms with E-state index in [0.29, 0.717) is 24.5 Å². The van der Waals surface area contributed by atoms with E-state index in [0.717, 1.165) is 0 Å². The Morgan fingerprint density at radius 2 is 1.92 bits per heavy atom. The van der Waals surface area contributed by atoms with E-state index < -0.39 is 30.3 Å². The molecule has 0 amide bonds. The minimum atomic E-state index is -0.837. The average molecular weight is 391 g/mol. The van der Waals surface area contributed by atoms with Crippen LogP contribution < -0.4 is 10.2 Å². The van der Waals surface area contributed by atoms with Crippen LogP contribution >= 0.6 is 23.7 Å². The lowest BCUT2D eigenvalue weighted by Gasteiger charge is -2.32. The predicted octanol–water partition coefficient (Wildman–Crippen LogP) is 3.80. The SMILES string of the molecule is CC1(C)OB(c2cc(Cl)cc(NSN3CCC(F)C3)c2F)OC1(C)C. The maximum atomic E-state index is 15.0. The minimum Gasteiger partial charge on any atom is -0.399 e. The van der Waals surface area contributed by atoms with Crippen molar-refractivity contribution in [3.8, 4) is 0 Å². The summed E-state index contributed by atoms with van der Waals surface area (Å²) < 4.78 is 44.8. The summed E-state index contributed by atoms with van der Waals surface area (Å²) in [5.41, 5.74) is -0.662. The molecule has 2 heterocycles. The van der Waals surface area contributed by atoms with Crippen molar-refractivity contribution < 1.29 is 18.1 Å². The summed E-state index contributed by atoms with van der Waals surface area (Å²) in [6.07, 6.45) is -0.342. The van der Waals surface area contributed by atoms with Crippen LogP contribution in [0.25, 0.3) is 0 Å². The summed E-state index contributed by atoms with van der Waals surface area (Å²) in [7, 11) is -0.837. The maximum Gasteiger partial charge on any atom is 0.497 e. The second-order valence-electron chi connectivity index (χ2n) is 7.41. The van der Waals surface area contributed by atoms with Gasteiger partial charge < -0.3 is 14.0 Å². The molecule has 1 unspecified atom stereocenters. The van der Waals surface area contributed by atoms with Crippen molar-refractivity contribution >= 4 is 42.0 Å². The Balaban J connectivity index is 1.78. The monoisotopic (exact) mass is 390 g/mol. The topological polar surface area (TPSA) is 33.7 Å². The van der Waals surface area contributed by atoms with Gasteiger partial charge in [0.2, 0.25) is 0 Å². The van der Waals surface area contributed by atoms with Gasteiger partial charge in [-0.3, -0.25) is 0 Å². The molecular weight excluding hydrogens is 369 g/mol. The third-order valence-electron chi connectivity index (χ3n) is 4.95. The van der Waals surface area contributed by atoms with E-state index in [2.05, 4.69) is 4.72 Å². The van der Waals surface area contributed by atoms with Gasteiger partial charge in [-0.1, -0.05) is 11.6 Å². The summed E-state index contributed by atoms with van der Waals surface area (Å²) in [4.78, 5) is 0. The molecule has 9 heteroatoms. The fraction of sp³-hybridized carbons (Fsp3) is 0.625. The first-order valence-corrected chi connectivity index (χ1v) is 9.41. The molecule has 2 saturated heterocycles. The van der Waals surface area contributed by atoms with Gasteiger partial charge in [0, 0.05) is 35.7 Å². The van der Waals surface area contributed by atoms with E-state index in [1.165, 1.54) is 24.3 Å². The molecule has 0 radical (unpaired) electrons. The molecule has 0 aromatic heterocycles. The lowest BCUT2D eigenvalue weighted by molar-refractivity contribution is 0.00578. The molecule has 138 valence electrons. The van der Waals surface area contributed by atoms with Crippen LogP contribution in [0.1, 0.15) is 34.1 Å². The van der Waals surface area contributed by atoms with Crippen molar-refractivity contribution in [2.24, 2.45) is 0 Å². The Hall–Kier alpha value is -0.535. The number of hydrogen-bond acceptors (Lipinski definition) is 5. The number of alkyl halides is 1. The summed E-state index contributed by atoms with van der Waals surface area (Å²) in [5.74, 6) is -0.480. The molecule has 0 saturated carbocycles. The van der Waals surface area contributed by atoms with E-state index in [1.54, 1.807) is 0 Å².